The second-order valence-electron chi connectivity index (χ2n) is 7.09. The summed E-state index contributed by atoms with van der Waals surface area (Å²) >= 11 is 0. The highest BCUT2D eigenvalue weighted by atomic mass is 16.1. The van der Waals surface area contributed by atoms with E-state index in [4.69, 9.17) is 0 Å². The largest absolute Gasteiger partial charge is 0.352 e. The molecular formula is C20H28N4O. The average molecular weight is 340 g/mol. The summed E-state index contributed by atoms with van der Waals surface area (Å²) in [6.45, 7) is 7.21. The minimum Gasteiger partial charge on any atom is -0.352 e. The minimum absolute atomic E-state index is 0.00350. The van der Waals surface area contributed by atoms with Gasteiger partial charge in [0, 0.05) is 44.1 Å². The van der Waals surface area contributed by atoms with Crippen LogP contribution in [0.25, 0.3) is 0 Å². The molecule has 0 spiro atoms. The van der Waals surface area contributed by atoms with Crippen LogP contribution in [-0.4, -0.2) is 40.0 Å². The Bertz CT molecular complexity index is 651. The van der Waals surface area contributed by atoms with Gasteiger partial charge in [0.15, 0.2) is 0 Å². The summed E-state index contributed by atoms with van der Waals surface area (Å²) in [4.78, 5) is 18.7. The smallest absolute Gasteiger partial charge is 0.251 e. The van der Waals surface area contributed by atoms with Crippen molar-refractivity contribution in [1.82, 2.24) is 19.8 Å². The van der Waals surface area contributed by atoms with E-state index < -0.39 is 0 Å². The lowest BCUT2D eigenvalue weighted by atomic mass is 9.99. The predicted octanol–water partition coefficient (Wildman–Crippen LogP) is 2.94. The quantitative estimate of drug-likeness (QED) is 0.789. The highest BCUT2D eigenvalue weighted by Crippen LogP contribution is 2.18. The molecule has 2 aromatic rings. The zero-order valence-corrected chi connectivity index (χ0v) is 15.0. The van der Waals surface area contributed by atoms with Crippen LogP contribution in [0.2, 0.25) is 0 Å². The maximum atomic E-state index is 12.2. The molecule has 5 nitrogen and oxygen atoms in total. The van der Waals surface area contributed by atoms with Gasteiger partial charge >= 0.3 is 0 Å². The molecule has 0 aliphatic carbocycles. The van der Waals surface area contributed by atoms with Gasteiger partial charge in [-0.25, -0.2) is 4.98 Å². The third kappa shape index (κ3) is 5.43. The minimum atomic E-state index is 0.00350. The van der Waals surface area contributed by atoms with E-state index in [0.717, 1.165) is 31.0 Å². The fourth-order valence-electron chi connectivity index (χ4n) is 3.43. The molecule has 134 valence electrons. The normalized spacial score (nSPS) is 18.2. The molecule has 1 amide bonds. The summed E-state index contributed by atoms with van der Waals surface area (Å²) < 4.78 is 2.02. The highest BCUT2D eigenvalue weighted by molar-refractivity contribution is 5.94. The summed E-state index contributed by atoms with van der Waals surface area (Å²) in [6.07, 6.45) is 9.03. The Kier molecular flexibility index (Phi) is 6.23. The summed E-state index contributed by atoms with van der Waals surface area (Å²) in [7, 11) is 0. The molecular weight excluding hydrogens is 312 g/mol. The number of rotatable bonds is 7. The molecule has 25 heavy (non-hydrogen) atoms. The summed E-state index contributed by atoms with van der Waals surface area (Å²) in [5, 5.41) is 2.98. The van der Waals surface area contributed by atoms with Crippen LogP contribution in [0.15, 0.2) is 43.0 Å². The second-order valence-corrected chi connectivity index (χ2v) is 7.09. The fraction of sp³-hybridized carbons (Fsp3) is 0.500. The molecule has 2 heterocycles. The van der Waals surface area contributed by atoms with Crippen LogP contribution in [0.5, 0.6) is 0 Å². The van der Waals surface area contributed by atoms with E-state index in [2.05, 4.69) is 34.3 Å². The summed E-state index contributed by atoms with van der Waals surface area (Å²) in [6, 6.07) is 8.04. The molecule has 0 unspecified atom stereocenters. The zero-order chi connectivity index (χ0) is 17.5. The Labute approximate surface area is 150 Å². The lowest BCUT2D eigenvalue weighted by Crippen LogP contribution is -2.33. The van der Waals surface area contributed by atoms with E-state index in [0.29, 0.717) is 6.54 Å². The van der Waals surface area contributed by atoms with Crippen LogP contribution in [-0.2, 0) is 13.1 Å². The first-order valence-electron chi connectivity index (χ1n) is 9.26. The Morgan fingerprint density at radius 2 is 2.16 bits per heavy atom. The van der Waals surface area contributed by atoms with Gasteiger partial charge in [0.2, 0.25) is 0 Å². The molecule has 1 aromatic carbocycles. The first-order valence-corrected chi connectivity index (χ1v) is 9.26. The number of benzene rings is 1. The van der Waals surface area contributed by atoms with Crippen molar-refractivity contribution in [2.75, 3.05) is 19.6 Å². The third-order valence-electron chi connectivity index (χ3n) is 4.80. The molecule has 0 bridgehead atoms. The maximum absolute atomic E-state index is 12.2. The predicted molar refractivity (Wildman–Crippen MR) is 99.3 cm³/mol. The van der Waals surface area contributed by atoms with Crippen molar-refractivity contribution in [3.8, 4) is 0 Å². The molecule has 1 fully saturated rings. The van der Waals surface area contributed by atoms with Gasteiger partial charge in [0.25, 0.3) is 5.91 Å². The first kappa shape index (κ1) is 17.7. The number of carbonyl (C=O) groups excluding carboxylic acids is 1. The van der Waals surface area contributed by atoms with Gasteiger partial charge in [-0.15, -0.1) is 0 Å². The lowest BCUT2D eigenvalue weighted by Gasteiger charge is -2.30. The number of nitrogens with zero attached hydrogens (tertiary/aromatic N) is 3. The van der Waals surface area contributed by atoms with E-state index in [1.807, 2.05) is 22.9 Å². The van der Waals surface area contributed by atoms with Gasteiger partial charge in [-0.05, 0) is 49.4 Å². The number of carbonyl (C=O) groups is 1. The SMILES string of the molecule is C[C@@H]1CCCN(Cc2ccc(C(=O)NCCCn3ccnc3)cc2)C1. The number of likely N-dealkylation sites (tertiary alicyclic amines) is 1. The van der Waals surface area contributed by atoms with E-state index in [9.17, 15) is 4.79 Å². The number of nitrogens with one attached hydrogen (secondary N) is 1. The van der Waals surface area contributed by atoms with Crippen molar-refractivity contribution >= 4 is 5.91 Å². The fourth-order valence-corrected chi connectivity index (χ4v) is 3.43. The number of aryl methyl sites for hydroxylation is 1. The monoisotopic (exact) mass is 340 g/mol. The van der Waals surface area contributed by atoms with E-state index in [-0.39, 0.29) is 5.91 Å². The van der Waals surface area contributed by atoms with Crippen molar-refractivity contribution in [2.45, 2.75) is 39.3 Å². The summed E-state index contributed by atoms with van der Waals surface area (Å²) in [5.41, 5.74) is 2.02. The lowest BCUT2D eigenvalue weighted by molar-refractivity contribution is 0.0952. The maximum Gasteiger partial charge on any atom is 0.251 e. The molecule has 1 saturated heterocycles. The van der Waals surface area contributed by atoms with Crippen LogP contribution in [0, 0.1) is 5.92 Å². The van der Waals surface area contributed by atoms with Gasteiger partial charge in [-0.2, -0.15) is 0 Å². The van der Waals surface area contributed by atoms with Gasteiger partial charge in [0.1, 0.15) is 0 Å². The third-order valence-corrected chi connectivity index (χ3v) is 4.80. The second kappa shape index (κ2) is 8.81. The first-order chi connectivity index (χ1) is 12.2. The molecule has 5 heteroatoms. The van der Waals surface area contributed by atoms with Crippen molar-refractivity contribution in [3.05, 3.63) is 54.1 Å². The van der Waals surface area contributed by atoms with Crippen LogP contribution < -0.4 is 5.32 Å². The number of aromatic nitrogens is 2. The van der Waals surface area contributed by atoms with E-state index in [1.165, 1.54) is 31.5 Å². The van der Waals surface area contributed by atoms with E-state index in [1.54, 1.807) is 12.5 Å². The van der Waals surface area contributed by atoms with Gasteiger partial charge in [-0.3, -0.25) is 9.69 Å². The molecule has 1 atom stereocenters. The van der Waals surface area contributed by atoms with Crippen molar-refractivity contribution in [2.24, 2.45) is 5.92 Å². The number of imidazole rings is 1. The number of hydrogen-bond acceptors (Lipinski definition) is 3. The average Bonchev–Trinajstić information content (AvgIpc) is 3.13. The molecule has 1 aliphatic heterocycles. The Hall–Kier alpha value is -2.14. The topological polar surface area (TPSA) is 50.2 Å². The van der Waals surface area contributed by atoms with Crippen LogP contribution in [0.4, 0.5) is 0 Å². The number of amides is 1. The molecule has 0 saturated carbocycles. The van der Waals surface area contributed by atoms with Gasteiger partial charge < -0.3 is 9.88 Å². The van der Waals surface area contributed by atoms with E-state index >= 15 is 0 Å². The highest BCUT2D eigenvalue weighted by Gasteiger charge is 2.16. The molecule has 1 N–H and O–H groups in total. The number of piperidine rings is 1. The molecule has 3 rings (SSSR count). The van der Waals surface area contributed by atoms with Crippen molar-refractivity contribution < 1.29 is 4.79 Å². The Balaban J connectivity index is 1.42. The molecule has 0 radical (unpaired) electrons. The van der Waals surface area contributed by atoms with Crippen molar-refractivity contribution in [3.63, 3.8) is 0 Å². The van der Waals surface area contributed by atoms with Gasteiger partial charge in [0.05, 0.1) is 6.33 Å². The molecule has 1 aromatic heterocycles. The summed E-state index contributed by atoms with van der Waals surface area (Å²) in [5.74, 6) is 0.796. The Morgan fingerprint density at radius 1 is 1.32 bits per heavy atom. The Morgan fingerprint density at radius 3 is 2.88 bits per heavy atom. The van der Waals surface area contributed by atoms with Gasteiger partial charge in [-0.1, -0.05) is 19.1 Å². The van der Waals surface area contributed by atoms with Crippen LogP contribution in [0.1, 0.15) is 42.1 Å². The zero-order valence-electron chi connectivity index (χ0n) is 15.0. The molecule has 1 aliphatic rings. The van der Waals surface area contributed by atoms with Crippen LogP contribution in [0.3, 0.4) is 0 Å². The number of hydrogen-bond donors (Lipinski definition) is 1. The van der Waals surface area contributed by atoms with Crippen LogP contribution >= 0.6 is 0 Å². The standard InChI is InChI=1S/C20H28N4O/c1-17-4-2-11-24(14-17)15-18-5-7-19(8-6-18)20(25)22-9-3-12-23-13-10-21-16-23/h5-8,10,13,16-17H,2-4,9,11-12,14-15H2,1H3,(H,22,25)/t17-/m1/s1. The van der Waals surface area contributed by atoms with Crippen molar-refractivity contribution in [1.29, 1.82) is 0 Å².